The Hall–Kier alpha value is -0.280. The lowest BCUT2D eigenvalue weighted by Crippen LogP contribution is -2.33. The molecule has 0 aliphatic heterocycles. The minimum absolute atomic E-state index is 0. The minimum atomic E-state index is -3.07. The zero-order valence-corrected chi connectivity index (χ0v) is 12.7. The van der Waals surface area contributed by atoms with E-state index < -0.39 is 24.7 Å². The summed E-state index contributed by atoms with van der Waals surface area (Å²) in [5.41, 5.74) is 0. The van der Waals surface area contributed by atoms with Gasteiger partial charge in [-0.1, -0.05) is 26.7 Å². The van der Waals surface area contributed by atoms with E-state index in [1.54, 1.807) is 0 Å². The summed E-state index contributed by atoms with van der Waals surface area (Å²) in [5.74, 6) is -2.46. The van der Waals surface area contributed by atoms with Gasteiger partial charge < -0.3 is 0 Å². The number of halogens is 4. The third-order valence-corrected chi connectivity index (χ3v) is 4.74. The van der Waals surface area contributed by atoms with Crippen LogP contribution in [0.2, 0.25) is 0 Å². The van der Waals surface area contributed by atoms with E-state index in [0.717, 1.165) is 44.4 Å². The standard InChI is InChI=1S/C9H15F3.C7H13F.2H2/c1-7-2-4-8(5-3-7)9(11,12)6-10;1-6-2-4-7(8)5-3-6;;/h7-8H,2-6H2,1H3;6-7H,2-5H2,1H3;2*1H. The van der Waals surface area contributed by atoms with Crippen LogP contribution >= 0.6 is 0 Å². The van der Waals surface area contributed by atoms with Gasteiger partial charge in [-0.2, -0.15) is 0 Å². The molecule has 20 heavy (non-hydrogen) atoms. The highest BCUT2D eigenvalue weighted by atomic mass is 19.3. The summed E-state index contributed by atoms with van der Waals surface area (Å²) in [4.78, 5) is 0. The van der Waals surface area contributed by atoms with Gasteiger partial charge in [0.25, 0.3) is 5.92 Å². The van der Waals surface area contributed by atoms with Gasteiger partial charge in [0.05, 0.1) is 0 Å². The molecule has 2 saturated carbocycles. The van der Waals surface area contributed by atoms with Gasteiger partial charge in [-0.25, -0.2) is 17.6 Å². The van der Waals surface area contributed by atoms with E-state index in [-0.39, 0.29) is 2.85 Å². The van der Waals surface area contributed by atoms with Crippen LogP contribution in [0.5, 0.6) is 0 Å². The van der Waals surface area contributed by atoms with Crippen LogP contribution in [0, 0.1) is 17.8 Å². The summed E-state index contributed by atoms with van der Waals surface area (Å²) < 4.78 is 49.8. The fraction of sp³-hybridized carbons (Fsp3) is 1.00. The van der Waals surface area contributed by atoms with Gasteiger partial charge >= 0.3 is 0 Å². The van der Waals surface area contributed by atoms with Gasteiger partial charge in [0.15, 0.2) is 6.67 Å². The summed E-state index contributed by atoms with van der Waals surface area (Å²) in [6.07, 6.45) is 5.94. The molecule has 0 spiro atoms. The molecule has 0 N–H and O–H groups in total. The van der Waals surface area contributed by atoms with E-state index in [9.17, 15) is 17.6 Å². The zero-order chi connectivity index (χ0) is 15.2. The Kier molecular flexibility index (Phi) is 7.32. The summed E-state index contributed by atoms with van der Waals surface area (Å²) >= 11 is 0. The number of hydrogen-bond acceptors (Lipinski definition) is 0. The molecule has 0 heterocycles. The lowest BCUT2D eigenvalue weighted by molar-refractivity contribution is -0.0901. The highest BCUT2D eigenvalue weighted by Gasteiger charge is 2.40. The molecule has 0 atom stereocenters. The number of rotatable bonds is 2. The molecule has 0 amide bonds. The highest BCUT2D eigenvalue weighted by molar-refractivity contribution is 4.81. The molecule has 2 fully saturated rings. The topological polar surface area (TPSA) is 0 Å². The molecule has 0 unspecified atom stereocenters. The predicted octanol–water partition coefficient (Wildman–Crippen LogP) is 6.44. The maximum Gasteiger partial charge on any atom is 0.278 e. The van der Waals surface area contributed by atoms with E-state index in [1.165, 1.54) is 0 Å². The molecule has 0 aromatic carbocycles. The SMILES string of the molecule is CC1CCC(C(F)(F)CF)CC1.CC1CCC(F)CC1.[HH].[HH]. The first-order valence-corrected chi connectivity index (χ1v) is 7.93. The molecule has 4 heteroatoms. The van der Waals surface area contributed by atoms with Crippen LogP contribution in [0.1, 0.15) is 68.1 Å². The Morgan fingerprint density at radius 2 is 1.25 bits per heavy atom. The summed E-state index contributed by atoms with van der Waals surface area (Å²) in [6.45, 7) is 2.77. The maximum absolute atomic E-state index is 12.8. The fourth-order valence-corrected chi connectivity index (χ4v) is 3.01. The lowest BCUT2D eigenvalue weighted by atomic mass is 9.80. The molecule has 0 saturated heterocycles. The van der Waals surface area contributed by atoms with Crippen LogP contribution in [0.15, 0.2) is 0 Å². The lowest BCUT2D eigenvalue weighted by Gasteiger charge is -2.30. The predicted molar refractivity (Wildman–Crippen MR) is 78.8 cm³/mol. The summed E-state index contributed by atoms with van der Waals surface area (Å²) in [5, 5.41) is 0. The van der Waals surface area contributed by atoms with Crippen molar-refractivity contribution in [2.75, 3.05) is 6.67 Å². The number of hydrogen-bond donors (Lipinski definition) is 0. The molecule has 2 aliphatic rings. The van der Waals surface area contributed by atoms with Crippen molar-refractivity contribution in [3.05, 3.63) is 0 Å². The minimum Gasteiger partial charge on any atom is -0.247 e. The van der Waals surface area contributed by atoms with Crippen molar-refractivity contribution in [2.45, 2.75) is 77.3 Å². The molecule has 2 rings (SSSR count). The Bertz CT molecular complexity index is 251. The van der Waals surface area contributed by atoms with E-state index in [1.807, 2.05) is 0 Å². The van der Waals surface area contributed by atoms with Gasteiger partial charge in [-0.3, -0.25) is 0 Å². The second-order valence-corrected chi connectivity index (χ2v) is 6.71. The van der Waals surface area contributed by atoms with Crippen LogP contribution in [-0.2, 0) is 0 Å². The number of alkyl halides is 4. The maximum atomic E-state index is 12.8. The normalized spacial score (nSPS) is 35.1. The molecule has 0 radical (unpaired) electrons. The fourth-order valence-electron chi connectivity index (χ4n) is 3.01. The summed E-state index contributed by atoms with van der Waals surface area (Å²) in [6, 6.07) is 0. The van der Waals surface area contributed by atoms with Crippen molar-refractivity contribution in [1.82, 2.24) is 0 Å². The third kappa shape index (κ3) is 6.01. The highest BCUT2D eigenvalue weighted by Crippen LogP contribution is 2.38. The molecule has 0 aromatic heterocycles. The van der Waals surface area contributed by atoms with E-state index in [0.29, 0.717) is 18.8 Å². The zero-order valence-electron chi connectivity index (χ0n) is 12.7. The quantitative estimate of drug-likeness (QED) is 0.514. The van der Waals surface area contributed by atoms with Crippen molar-refractivity contribution < 1.29 is 20.4 Å². The smallest absolute Gasteiger partial charge is 0.247 e. The Morgan fingerprint density at radius 3 is 1.60 bits per heavy atom. The van der Waals surface area contributed by atoms with Gasteiger partial charge in [0, 0.05) is 8.77 Å². The van der Waals surface area contributed by atoms with Crippen LogP contribution in [0.25, 0.3) is 0 Å². The molecule has 2 aliphatic carbocycles. The van der Waals surface area contributed by atoms with Crippen molar-refractivity contribution in [3.8, 4) is 0 Å². The second kappa shape index (κ2) is 8.23. The van der Waals surface area contributed by atoms with Gasteiger partial charge in [0.2, 0.25) is 0 Å². The van der Waals surface area contributed by atoms with E-state index in [2.05, 4.69) is 13.8 Å². The van der Waals surface area contributed by atoms with Crippen LogP contribution in [-0.4, -0.2) is 18.8 Å². The first kappa shape index (κ1) is 17.8. The third-order valence-electron chi connectivity index (χ3n) is 4.74. The van der Waals surface area contributed by atoms with Crippen molar-refractivity contribution in [1.29, 1.82) is 0 Å². The van der Waals surface area contributed by atoms with Crippen molar-refractivity contribution in [2.24, 2.45) is 17.8 Å². The monoisotopic (exact) mass is 300 g/mol. The van der Waals surface area contributed by atoms with Crippen LogP contribution in [0.3, 0.4) is 0 Å². The molecular formula is C16H32F4. The first-order chi connectivity index (χ1) is 9.35. The average molecular weight is 300 g/mol. The van der Waals surface area contributed by atoms with Crippen LogP contribution < -0.4 is 0 Å². The average Bonchev–Trinajstić information content (AvgIpc) is 2.43. The molecule has 0 bridgehead atoms. The van der Waals surface area contributed by atoms with Crippen molar-refractivity contribution >= 4 is 0 Å². The molecular weight excluding hydrogens is 268 g/mol. The van der Waals surface area contributed by atoms with Gasteiger partial charge in [-0.05, 0) is 50.4 Å². The van der Waals surface area contributed by atoms with Crippen LogP contribution in [0.4, 0.5) is 17.6 Å². The Labute approximate surface area is 123 Å². The summed E-state index contributed by atoms with van der Waals surface area (Å²) in [7, 11) is 0. The van der Waals surface area contributed by atoms with Gasteiger partial charge in [0.1, 0.15) is 6.17 Å². The first-order valence-electron chi connectivity index (χ1n) is 7.93. The van der Waals surface area contributed by atoms with E-state index in [4.69, 9.17) is 0 Å². The van der Waals surface area contributed by atoms with Crippen molar-refractivity contribution in [3.63, 3.8) is 0 Å². The molecule has 0 nitrogen and oxygen atoms in total. The Morgan fingerprint density at radius 1 is 0.850 bits per heavy atom. The molecule has 124 valence electrons. The second-order valence-electron chi connectivity index (χ2n) is 6.71. The Balaban J connectivity index is 0. The van der Waals surface area contributed by atoms with Gasteiger partial charge in [-0.15, -0.1) is 0 Å². The largest absolute Gasteiger partial charge is 0.278 e. The molecule has 0 aromatic rings. The van der Waals surface area contributed by atoms with E-state index >= 15 is 0 Å².